The van der Waals surface area contributed by atoms with Crippen LogP contribution in [0.2, 0.25) is 0 Å². The zero-order valence-corrected chi connectivity index (χ0v) is 16.0. The van der Waals surface area contributed by atoms with E-state index in [4.69, 9.17) is 10.5 Å². The average Bonchev–Trinajstić information content (AvgIpc) is 3.11. The molecule has 0 spiro atoms. The molecule has 30 heavy (non-hydrogen) atoms. The zero-order valence-electron chi connectivity index (χ0n) is 16.0. The summed E-state index contributed by atoms with van der Waals surface area (Å²) in [5, 5.41) is 2.66. The molecule has 8 heteroatoms. The SMILES string of the molecule is C=Cc1ccc(/C=C/C(=O)NC[C@H]2CN(c3ccc(C(N)=O)c(F)c3)C(=O)O2)cc1. The number of carbonyl (C=O) groups is 3. The third kappa shape index (κ3) is 4.91. The van der Waals surface area contributed by atoms with Crippen molar-refractivity contribution in [3.8, 4) is 0 Å². The number of rotatable bonds is 7. The molecule has 1 fully saturated rings. The second kappa shape index (κ2) is 9.04. The highest BCUT2D eigenvalue weighted by molar-refractivity contribution is 5.95. The van der Waals surface area contributed by atoms with E-state index in [1.165, 1.54) is 23.1 Å². The van der Waals surface area contributed by atoms with Crippen molar-refractivity contribution in [3.05, 3.63) is 77.6 Å². The number of anilines is 1. The second-order valence-electron chi connectivity index (χ2n) is 6.59. The Morgan fingerprint density at radius 3 is 2.57 bits per heavy atom. The number of primary amides is 1. The molecule has 1 aliphatic rings. The number of halogens is 1. The molecule has 2 aromatic rings. The molecule has 3 N–H and O–H groups in total. The van der Waals surface area contributed by atoms with Crippen LogP contribution in [0, 0.1) is 5.82 Å². The Hall–Kier alpha value is -3.94. The number of hydrogen-bond donors (Lipinski definition) is 2. The van der Waals surface area contributed by atoms with E-state index in [-0.39, 0.29) is 30.2 Å². The number of ether oxygens (including phenoxy) is 1. The first kappa shape index (κ1) is 20.8. The van der Waals surface area contributed by atoms with Crippen LogP contribution in [0.4, 0.5) is 14.9 Å². The Bertz CT molecular complexity index is 1020. The lowest BCUT2D eigenvalue weighted by atomic mass is 10.1. The van der Waals surface area contributed by atoms with Gasteiger partial charge in [0.15, 0.2) is 0 Å². The maximum absolute atomic E-state index is 14.0. The third-order valence-electron chi connectivity index (χ3n) is 4.51. The lowest BCUT2D eigenvalue weighted by Gasteiger charge is -2.13. The van der Waals surface area contributed by atoms with E-state index in [9.17, 15) is 18.8 Å². The maximum atomic E-state index is 14.0. The minimum atomic E-state index is -0.895. The van der Waals surface area contributed by atoms with Gasteiger partial charge in [-0.2, -0.15) is 0 Å². The molecule has 0 bridgehead atoms. The van der Waals surface area contributed by atoms with Gasteiger partial charge in [0.2, 0.25) is 5.91 Å². The summed E-state index contributed by atoms with van der Waals surface area (Å²) in [6.45, 7) is 3.91. The molecule has 3 amide bonds. The van der Waals surface area contributed by atoms with Crippen molar-refractivity contribution >= 4 is 35.7 Å². The lowest BCUT2D eigenvalue weighted by molar-refractivity contribution is -0.116. The molecule has 0 aliphatic carbocycles. The van der Waals surface area contributed by atoms with Gasteiger partial charge < -0.3 is 15.8 Å². The highest BCUT2D eigenvalue weighted by atomic mass is 19.1. The van der Waals surface area contributed by atoms with Gasteiger partial charge in [0.05, 0.1) is 24.3 Å². The van der Waals surface area contributed by atoms with Gasteiger partial charge in [-0.05, 0) is 35.4 Å². The number of nitrogens with zero attached hydrogens (tertiary/aromatic N) is 1. The fourth-order valence-corrected chi connectivity index (χ4v) is 2.90. The fraction of sp³-hybridized carbons (Fsp3) is 0.136. The highest BCUT2D eigenvalue weighted by Crippen LogP contribution is 2.23. The average molecular weight is 409 g/mol. The molecule has 7 nitrogen and oxygen atoms in total. The molecular formula is C22H20FN3O4. The fourth-order valence-electron chi connectivity index (χ4n) is 2.90. The van der Waals surface area contributed by atoms with Gasteiger partial charge in [-0.1, -0.05) is 36.9 Å². The van der Waals surface area contributed by atoms with Gasteiger partial charge in [0.1, 0.15) is 11.9 Å². The monoisotopic (exact) mass is 409 g/mol. The van der Waals surface area contributed by atoms with Crippen LogP contribution in [0.15, 0.2) is 55.1 Å². The molecule has 1 aliphatic heterocycles. The van der Waals surface area contributed by atoms with E-state index in [2.05, 4.69) is 11.9 Å². The molecule has 0 aromatic heterocycles. The molecule has 0 saturated carbocycles. The normalized spacial score (nSPS) is 15.8. The lowest BCUT2D eigenvalue weighted by Crippen LogP contribution is -2.33. The van der Waals surface area contributed by atoms with Crippen LogP contribution in [0.25, 0.3) is 12.2 Å². The van der Waals surface area contributed by atoms with Gasteiger partial charge in [-0.3, -0.25) is 14.5 Å². The molecule has 0 radical (unpaired) electrons. The minimum Gasteiger partial charge on any atom is -0.442 e. The van der Waals surface area contributed by atoms with Crippen molar-refractivity contribution in [2.75, 3.05) is 18.0 Å². The number of benzene rings is 2. The maximum Gasteiger partial charge on any atom is 0.414 e. The Balaban J connectivity index is 1.54. The number of nitrogens with two attached hydrogens (primary N) is 1. The number of nitrogens with one attached hydrogen (secondary N) is 1. The number of amides is 3. The number of carbonyl (C=O) groups excluding carboxylic acids is 3. The first-order chi connectivity index (χ1) is 14.4. The molecule has 0 unspecified atom stereocenters. The summed E-state index contributed by atoms with van der Waals surface area (Å²) in [4.78, 5) is 36.4. The van der Waals surface area contributed by atoms with Crippen molar-refractivity contribution in [3.63, 3.8) is 0 Å². The minimum absolute atomic E-state index is 0.0999. The van der Waals surface area contributed by atoms with E-state index >= 15 is 0 Å². The van der Waals surface area contributed by atoms with Gasteiger partial charge in [-0.25, -0.2) is 9.18 Å². The van der Waals surface area contributed by atoms with Crippen molar-refractivity contribution in [1.29, 1.82) is 0 Å². The molecule has 1 saturated heterocycles. The zero-order chi connectivity index (χ0) is 21.7. The van der Waals surface area contributed by atoms with Crippen LogP contribution in [0.1, 0.15) is 21.5 Å². The van der Waals surface area contributed by atoms with Crippen LogP contribution in [-0.2, 0) is 9.53 Å². The third-order valence-corrected chi connectivity index (χ3v) is 4.51. The van der Waals surface area contributed by atoms with Gasteiger partial charge in [-0.15, -0.1) is 0 Å². The summed E-state index contributed by atoms with van der Waals surface area (Å²) in [6.07, 6.45) is 3.51. The first-order valence-corrected chi connectivity index (χ1v) is 9.13. The predicted molar refractivity (Wildman–Crippen MR) is 111 cm³/mol. The van der Waals surface area contributed by atoms with E-state index in [0.29, 0.717) is 0 Å². The topological polar surface area (TPSA) is 102 Å². The van der Waals surface area contributed by atoms with E-state index in [1.54, 1.807) is 12.2 Å². The summed E-state index contributed by atoms with van der Waals surface area (Å²) in [7, 11) is 0. The van der Waals surface area contributed by atoms with E-state index < -0.39 is 23.9 Å². The van der Waals surface area contributed by atoms with Crippen LogP contribution in [-0.4, -0.2) is 37.1 Å². The van der Waals surface area contributed by atoms with Crippen LogP contribution < -0.4 is 16.0 Å². The molecule has 154 valence electrons. The van der Waals surface area contributed by atoms with Gasteiger partial charge >= 0.3 is 6.09 Å². The van der Waals surface area contributed by atoms with E-state index in [0.717, 1.165) is 17.2 Å². The van der Waals surface area contributed by atoms with Crippen LogP contribution in [0.5, 0.6) is 0 Å². The smallest absolute Gasteiger partial charge is 0.414 e. The summed E-state index contributed by atoms with van der Waals surface area (Å²) in [5.74, 6) is -2.06. The van der Waals surface area contributed by atoms with Crippen molar-refractivity contribution in [1.82, 2.24) is 5.32 Å². The van der Waals surface area contributed by atoms with Crippen LogP contribution in [0.3, 0.4) is 0 Å². The van der Waals surface area contributed by atoms with Gasteiger partial charge in [0.25, 0.3) is 5.91 Å². The number of cyclic esters (lactones) is 1. The Kier molecular flexibility index (Phi) is 6.26. The number of hydrogen-bond acceptors (Lipinski definition) is 4. The Labute approximate surface area is 172 Å². The molecule has 2 aromatic carbocycles. The Morgan fingerprint density at radius 1 is 1.23 bits per heavy atom. The van der Waals surface area contributed by atoms with Gasteiger partial charge in [0, 0.05) is 6.08 Å². The van der Waals surface area contributed by atoms with Crippen molar-refractivity contribution in [2.45, 2.75) is 6.10 Å². The summed E-state index contributed by atoms with van der Waals surface area (Å²) in [5.41, 5.74) is 6.89. The Morgan fingerprint density at radius 2 is 1.93 bits per heavy atom. The quantitative estimate of drug-likeness (QED) is 0.687. The highest BCUT2D eigenvalue weighted by Gasteiger charge is 2.32. The summed E-state index contributed by atoms with van der Waals surface area (Å²) in [6, 6.07) is 11.2. The van der Waals surface area contributed by atoms with Crippen molar-refractivity contribution in [2.24, 2.45) is 5.73 Å². The molecule has 1 atom stereocenters. The second-order valence-corrected chi connectivity index (χ2v) is 6.59. The van der Waals surface area contributed by atoms with Crippen LogP contribution >= 0.6 is 0 Å². The molecule has 1 heterocycles. The van der Waals surface area contributed by atoms with E-state index in [1.807, 2.05) is 24.3 Å². The standard InChI is InChI=1S/C22H20FN3O4/c1-2-14-3-5-15(6-4-14)7-10-20(27)25-12-17-13-26(22(29)30-17)16-8-9-18(21(24)28)19(23)11-16/h2-11,17H,1,12-13H2,(H2,24,28)(H,25,27)/b10-7+/t17-/m0/s1. The largest absolute Gasteiger partial charge is 0.442 e. The summed E-state index contributed by atoms with van der Waals surface area (Å²) >= 11 is 0. The predicted octanol–water partition coefficient (Wildman–Crippen LogP) is 2.72. The first-order valence-electron chi connectivity index (χ1n) is 9.13. The molecular weight excluding hydrogens is 389 g/mol. The summed E-state index contributed by atoms with van der Waals surface area (Å²) < 4.78 is 19.2. The van der Waals surface area contributed by atoms with Crippen molar-refractivity contribution < 1.29 is 23.5 Å². The molecule has 3 rings (SSSR count).